The van der Waals surface area contributed by atoms with Crippen LogP contribution in [0.15, 0.2) is 53.2 Å². The van der Waals surface area contributed by atoms with Crippen molar-refractivity contribution in [1.29, 1.82) is 0 Å². The lowest BCUT2D eigenvalue weighted by atomic mass is 9.96. The number of nitrogens with one attached hydrogen (secondary N) is 1. The summed E-state index contributed by atoms with van der Waals surface area (Å²) in [7, 11) is 0. The van der Waals surface area contributed by atoms with Gasteiger partial charge in [-0.05, 0) is 61.1 Å². The van der Waals surface area contributed by atoms with Crippen molar-refractivity contribution in [3.05, 3.63) is 65.6 Å². The van der Waals surface area contributed by atoms with E-state index in [2.05, 4.69) is 5.32 Å². The van der Waals surface area contributed by atoms with Gasteiger partial charge in [-0.25, -0.2) is 0 Å². The van der Waals surface area contributed by atoms with E-state index in [0.29, 0.717) is 43.3 Å². The first-order chi connectivity index (χ1) is 14.8. The number of halogens is 3. The molecule has 1 saturated heterocycles. The number of carbonyl (C=O) groups is 2. The third kappa shape index (κ3) is 7.01. The summed E-state index contributed by atoms with van der Waals surface area (Å²) in [6.45, 7) is 1.80. The second kappa shape index (κ2) is 10.3. The number of amides is 2. The Labute approximate surface area is 178 Å². The number of hydrogen-bond acceptors (Lipinski definition) is 3. The molecule has 0 aliphatic carbocycles. The van der Waals surface area contributed by atoms with Crippen LogP contribution >= 0.6 is 0 Å². The first-order valence-electron chi connectivity index (χ1n) is 10.2. The Hall–Kier alpha value is -3.03. The predicted octanol–water partition coefficient (Wildman–Crippen LogP) is 4.30. The second-order valence-electron chi connectivity index (χ2n) is 7.62. The molecule has 0 bridgehead atoms. The lowest BCUT2D eigenvalue weighted by Gasteiger charge is -2.31. The number of alkyl halides is 3. The molecule has 0 atom stereocenters. The number of carbonyl (C=O) groups excluding carboxylic acids is 2. The van der Waals surface area contributed by atoms with Crippen LogP contribution in [0.5, 0.6) is 0 Å². The highest BCUT2D eigenvalue weighted by Crippen LogP contribution is 2.29. The Kier molecular flexibility index (Phi) is 7.55. The zero-order chi connectivity index (χ0) is 22.3. The van der Waals surface area contributed by atoms with Gasteiger partial charge in [-0.3, -0.25) is 9.59 Å². The minimum Gasteiger partial charge on any atom is -0.465 e. The molecule has 8 heteroatoms. The zero-order valence-corrected chi connectivity index (χ0v) is 17.0. The van der Waals surface area contributed by atoms with E-state index in [0.717, 1.165) is 25.0 Å². The van der Waals surface area contributed by atoms with E-state index in [-0.39, 0.29) is 18.2 Å². The molecule has 0 spiro atoms. The number of aryl methyl sites for hydroxylation is 1. The Morgan fingerprint density at radius 2 is 1.84 bits per heavy atom. The van der Waals surface area contributed by atoms with E-state index in [1.165, 1.54) is 18.2 Å². The molecule has 2 aromatic rings. The number of hydrogen-bond donors (Lipinski definition) is 1. The lowest BCUT2D eigenvalue weighted by Crippen LogP contribution is -2.41. The molecular formula is C23H25F3N2O3. The fraction of sp³-hybridized carbons (Fsp3) is 0.391. The SMILES string of the molecule is O=C(CCc1ccc(C(F)(F)F)cc1)NCC1CCN(C(=O)C=Cc2ccco2)CC1. The van der Waals surface area contributed by atoms with E-state index >= 15 is 0 Å². The molecule has 1 aliphatic heterocycles. The van der Waals surface area contributed by atoms with E-state index < -0.39 is 11.7 Å². The number of piperidine rings is 1. The normalized spacial score (nSPS) is 15.4. The molecular weight excluding hydrogens is 409 g/mol. The molecule has 1 N–H and O–H groups in total. The van der Waals surface area contributed by atoms with Gasteiger partial charge >= 0.3 is 6.18 Å². The quantitative estimate of drug-likeness (QED) is 0.661. The van der Waals surface area contributed by atoms with Crippen LogP contribution in [0.3, 0.4) is 0 Å². The van der Waals surface area contributed by atoms with Crippen molar-refractivity contribution in [3.8, 4) is 0 Å². The van der Waals surface area contributed by atoms with Gasteiger partial charge in [-0.15, -0.1) is 0 Å². The van der Waals surface area contributed by atoms with Crippen LogP contribution < -0.4 is 5.32 Å². The Balaban J connectivity index is 1.33. The third-order valence-electron chi connectivity index (χ3n) is 5.37. The first-order valence-corrected chi connectivity index (χ1v) is 10.2. The molecule has 0 saturated carbocycles. The van der Waals surface area contributed by atoms with Gasteiger partial charge in [0.1, 0.15) is 5.76 Å². The fourth-order valence-electron chi connectivity index (χ4n) is 3.47. The summed E-state index contributed by atoms with van der Waals surface area (Å²) >= 11 is 0. The summed E-state index contributed by atoms with van der Waals surface area (Å²) in [4.78, 5) is 26.1. The van der Waals surface area contributed by atoms with Crippen molar-refractivity contribution in [1.82, 2.24) is 10.2 Å². The summed E-state index contributed by atoms with van der Waals surface area (Å²) in [5.74, 6) is 0.741. The summed E-state index contributed by atoms with van der Waals surface area (Å²) in [5.41, 5.74) is -0.000412. The second-order valence-corrected chi connectivity index (χ2v) is 7.62. The van der Waals surface area contributed by atoms with Gasteiger partial charge < -0.3 is 14.6 Å². The van der Waals surface area contributed by atoms with E-state index in [4.69, 9.17) is 4.42 Å². The van der Waals surface area contributed by atoms with Crippen LogP contribution in [0.25, 0.3) is 6.08 Å². The highest BCUT2D eigenvalue weighted by Gasteiger charge is 2.30. The monoisotopic (exact) mass is 434 g/mol. The molecule has 0 radical (unpaired) electrons. The Bertz CT molecular complexity index is 882. The average Bonchev–Trinajstić information content (AvgIpc) is 3.28. The molecule has 31 heavy (non-hydrogen) atoms. The number of likely N-dealkylation sites (tertiary alicyclic amines) is 1. The average molecular weight is 434 g/mol. The molecule has 1 aromatic heterocycles. The lowest BCUT2D eigenvalue weighted by molar-refractivity contribution is -0.137. The maximum Gasteiger partial charge on any atom is 0.416 e. The highest BCUT2D eigenvalue weighted by molar-refractivity contribution is 5.91. The van der Waals surface area contributed by atoms with Crippen LogP contribution in [0.2, 0.25) is 0 Å². The number of nitrogens with zero attached hydrogens (tertiary/aromatic N) is 1. The molecule has 166 valence electrons. The maximum atomic E-state index is 12.6. The topological polar surface area (TPSA) is 62.6 Å². The van der Waals surface area contributed by atoms with Gasteiger partial charge in [0.05, 0.1) is 11.8 Å². The van der Waals surface area contributed by atoms with Gasteiger partial charge in [0, 0.05) is 32.1 Å². The molecule has 1 aromatic carbocycles. The maximum absolute atomic E-state index is 12.6. The minimum absolute atomic E-state index is 0.0598. The van der Waals surface area contributed by atoms with E-state index in [9.17, 15) is 22.8 Å². The van der Waals surface area contributed by atoms with Crippen LogP contribution in [-0.4, -0.2) is 36.3 Å². The van der Waals surface area contributed by atoms with Crippen molar-refractivity contribution in [2.45, 2.75) is 31.9 Å². The predicted molar refractivity (Wildman–Crippen MR) is 110 cm³/mol. The molecule has 5 nitrogen and oxygen atoms in total. The number of furan rings is 1. The van der Waals surface area contributed by atoms with Crippen molar-refractivity contribution < 1.29 is 27.2 Å². The highest BCUT2D eigenvalue weighted by atomic mass is 19.4. The largest absolute Gasteiger partial charge is 0.465 e. The van der Waals surface area contributed by atoms with Crippen LogP contribution in [-0.2, 0) is 22.2 Å². The van der Waals surface area contributed by atoms with Crippen molar-refractivity contribution in [2.24, 2.45) is 5.92 Å². The van der Waals surface area contributed by atoms with Gasteiger partial charge in [-0.2, -0.15) is 13.2 Å². The smallest absolute Gasteiger partial charge is 0.416 e. The Morgan fingerprint density at radius 1 is 1.13 bits per heavy atom. The van der Waals surface area contributed by atoms with Crippen molar-refractivity contribution in [2.75, 3.05) is 19.6 Å². The van der Waals surface area contributed by atoms with Gasteiger partial charge in [0.2, 0.25) is 11.8 Å². The molecule has 2 heterocycles. The molecule has 0 unspecified atom stereocenters. The number of rotatable bonds is 7. The molecule has 3 rings (SSSR count). The van der Waals surface area contributed by atoms with Gasteiger partial charge in [0.15, 0.2) is 0 Å². The Morgan fingerprint density at radius 3 is 2.45 bits per heavy atom. The number of benzene rings is 1. The zero-order valence-electron chi connectivity index (χ0n) is 17.0. The van der Waals surface area contributed by atoms with Crippen LogP contribution in [0, 0.1) is 5.92 Å². The van der Waals surface area contributed by atoms with Crippen molar-refractivity contribution in [3.63, 3.8) is 0 Å². The van der Waals surface area contributed by atoms with E-state index in [1.54, 1.807) is 29.4 Å². The summed E-state index contributed by atoms with van der Waals surface area (Å²) in [6, 6.07) is 8.41. The fourth-order valence-corrected chi connectivity index (χ4v) is 3.47. The summed E-state index contributed by atoms with van der Waals surface area (Å²) in [6.07, 6.45) is 2.56. The summed E-state index contributed by atoms with van der Waals surface area (Å²) in [5, 5.41) is 2.90. The standard InChI is InChI=1S/C23H25F3N2O3/c24-23(25,26)19-6-3-17(4-7-19)5-9-21(29)27-16-18-11-13-28(14-12-18)22(30)10-8-20-2-1-15-31-20/h1-4,6-8,10,15,18H,5,9,11-14,16H2,(H,27,29). The van der Waals surface area contributed by atoms with E-state index in [1.807, 2.05) is 0 Å². The molecule has 1 aliphatic rings. The van der Waals surface area contributed by atoms with Crippen LogP contribution in [0.4, 0.5) is 13.2 Å². The molecule has 1 fully saturated rings. The third-order valence-corrected chi connectivity index (χ3v) is 5.37. The molecule has 2 amide bonds. The minimum atomic E-state index is -4.36. The van der Waals surface area contributed by atoms with Crippen molar-refractivity contribution >= 4 is 17.9 Å². The first kappa shape index (κ1) is 22.7. The van der Waals surface area contributed by atoms with Crippen LogP contribution in [0.1, 0.15) is 36.1 Å². The van der Waals surface area contributed by atoms with Gasteiger partial charge in [0.25, 0.3) is 0 Å². The summed E-state index contributed by atoms with van der Waals surface area (Å²) < 4.78 is 42.9. The van der Waals surface area contributed by atoms with Gasteiger partial charge in [-0.1, -0.05) is 12.1 Å².